The first kappa shape index (κ1) is 47.3. The number of nitrogens with zero attached hydrogens (tertiary/aromatic N) is 2. The lowest BCUT2D eigenvalue weighted by molar-refractivity contribution is 0.660. The highest BCUT2D eigenvalue weighted by Gasteiger charge is 2.52. The van der Waals surface area contributed by atoms with Crippen LogP contribution in [0, 0.1) is 0 Å². The van der Waals surface area contributed by atoms with Crippen molar-refractivity contribution in [2.75, 3.05) is 9.80 Å². The number of hydrogen-bond acceptors (Lipinski definition) is 2. The van der Waals surface area contributed by atoms with Gasteiger partial charge in [0.15, 0.2) is 0 Å². The Hall–Kier alpha value is -9.76. The van der Waals surface area contributed by atoms with Crippen LogP contribution >= 0.6 is 0 Å². The third-order valence-electron chi connectivity index (χ3n) is 18.6. The van der Waals surface area contributed by atoms with Crippen molar-refractivity contribution in [2.24, 2.45) is 0 Å². The Morgan fingerprint density at radius 2 is 0.617 bits per heavy atom. The van der Waals surface area contributed by atoms with E-state index in [-0.39, 0.29) is 10.8 Å². The maximum Gasteiger partial charge on any atom is 0.0725 e. The lowest BCUT2D eigenvalue weighted by atomic mass is 9.70. The van der Waals surface area contributed by atoms with Crippen molar-refractivity contribution < 1.29 is 0 Å². The summed E-state index contributed by atoms with van der Waals surface area (Å²) in [6.45, 7) is 9.54. The highest BCUT2D eigenvalue weighted by Crippen LogP contribution is 2.64. The molecule has 12 aromatic rings. The van der Waals surface area contributed by atoms with Crippen molar-refractivity contribution in [3.8, 4) is 66.8 Å². The van der Waals surface area contributed by atoms with Gasteiger partial charge in [-0.3, -0.25) is 0 Å². The van der Waals surface area contributed by atoms with E-state index in [9.17, 15) is 0 Å². The van der Waals surface area contributed by atoms with Crippen LogP contribution < -0.4 is 9.80 Å². The Balaban J connectivity index is 0.999. The second-order valence-corrected chi connectivity index (χ2v) is 23.5. The molecule has 0 bridgehead atoms. The third kappa shape index (κ3) is 6.74. The minimum Gasteiger partial charge on any atom is -0.310 e. The van der Waals surface area contributed by atoms with Gasteiger partial charge in [-0.05, 0) is 166 Å². The van der Waals surface area contributed by atoms with E-state index in [4.69, 9.17) is 0 Å². The summed E-state index contributed by atoms with van der Waals surface area (Å²) in [4.78, 5) is 5.04. The smallest absolute Gasteiger partial charge is 0.0725 e. The van der Waals surface area contributed by atoms with Crippen molar-refractivity contribution in [3.05, 3.63) is 324 Å². The number of anilines is 6. The molecule has 0 saturated carbocycles. The number of fused-ring (bicyclic) bond motifs is 16. The van der Waals surface area contributed by atoms with Crippen LogP contribution in [0.15, 0.2) is 279 Å². The first-order chi connectivity index (χ1) is 39.7. The van der Waals surface area contributed by atoms with Gasteiger partial charge in [0.05, 0.1) is 11.1 Å². The summed E-state index contributed by atoms with van der Waals surface area (Å²) in [5, 5.41) is 0. The molecule has 0 fully saturated rings. The minimum absolute atomic E-state index is 0.193. The lowest BCUT2D eigenvalue weighted by Gasteiger charge is -2.33. The van der Waals surface area contributed by atoms with Crippen LogP contribution in [0.5, 0.6) is 0 Å². The molecule has 0 radical (unpaired) electrons. The van der Waals surface area contributed by atoms with Gasteiger partial charge in [-0.25, -0.2) is 0 Å². The van der Waals surface area contributed by atoms with E-state index < -0.39 is 5.41 Å². The standard InChI is InChI=1S/C79H58N2/c1-77(2)67-35-17-11-29-60(67)64-44-42-54(49-73(64)77)80(53-26-9-6-10-27-53)56-46-52(59-34-23-40-72-76(59)66-33-15-21-39-71(66)79(72)69-37-19-13-31-62(69)63-32-14-20-38-70(63)79)47-57(48-56)81(75-41-22-16-28-58(75)51-24-7-5-8-25-51)55-43-45-65-61-30-12-18-36-68(61)78(3,4)74(65)50-55/h5-50H,1-4H3. The highest BCUT2D eigenvalue weighted by molar-refractivity contribution is 6.02. The van der Waals surface area contributed by atoms with Crippen LogP contribution in [-0.2, 0) is 16.2 Å². The molecule has 1 spiro atoms. The zero-order chi connectivity index (χ0) is 54.2. The Morgan fingerprint density at radius 1 is 0.222 bits per heavy atom. The molecule has 0 atom stereocenters. The zero-order valence-corrected chi connectivity index (χ0v) is 46.0. The Kier molecular flexibility index (Phi) is 10.3. The fourth-order valence-electron chi connectivity index (χ4n) is 15.0. The van der Waals surface area contributed by atoms with E-state index in [1.165, 1.54) is 94.6 Å². The van der Waals surface area contributed by atoms with Gasteiger partial charge in [0.2, 0.25) is 0 Å². The van der Waals surface area contributed by atoms with E-state index in [1.54, 1.807) is 0 Å². The fourth-order valence-corrected chi connectivity index (χ4v) is 15.0. The molecule has 4 aliphatic rings. The van der Waals surface area contributed by atoms with Crippen molar-refractivity contribution >= 4 is 34.1 Å². The summed E-state index contributed by atoms with van der Waals surface area (Å²) in [7, 11) is 0. The van der Waals surface area contributed by atoms with Crippen LogP contribution in [0.25, 0.3) is 66.8 Å². The third-order valence-corrected chi connectivity index (χ3v) is 18.6. The van der Waals surface area contributed by atoms with Crippen molar-refractivity contribution in [1.82, 2.24) is 0 Å². The van der Waals surface area contributed by atoms with Gasteiger partial charge >= 0.3 is 0 Å². The molecule has 384 valence electrons. The first-order valence-electron chi connectivity index (χ1n) is 28.6. The average molecular weight is 1040 g/mol. The van der Waals surface area contributed by atoms with Crippen LogP contribution in [0.2, 0.25) is 0 Å². The zero-order valence-electron chi connectivity index (χ0n) is 46.0. The molecule has 0 unspecified atom stereocenters. The molecular weight excluding hydrogens is 977 g/mol. The Bertz CT molecular complexity index is 4500. The quantitative estimate of drug-likeness (QED) is 0.150. The number of benzene rings is 12. The average Bonchev–Trinajstić information content (AvgIpc) is 4.32. The maximum absolute atomic E-state index is 2.54. The number of rotatable bonds is 8. The second kappa shape index (κ2) is 17.6. The molecule has 81 heavy (non-hydrogen) atoms. The number of para-hydroxylation sites is 2. The van der Waals surface area contributed by atoms with Crippen LogP contribution in [0.3, 0.4) is 0 Å². The van der Waals surface area contributed by atoms with E-state index in [0.29, 0.717) is 0 Å². The van der Waals surface area contributed by atoms with Gasteiger partial charge in [-0.1, -0.05) is 246 Å². The molecule has 2 heteroatoms. The van der Waals surface area contributed by atoms with Gasteiger partial charge in [0.1, 0.15) is 0 Å². The summed E-state index contributed by atoms with van der Waals surface area (Å²) in [6.07, 6.45) is 0. The van der Waals surface area contributed by atoms with Gasteiger partial charge < -0.3 is 9.80 Å². The molecule has 16 rings (SSSR count). The molecule has 0 N–H and O–H groups in total. The number of hydrogen-bond donors (Lipinski definition) is 0. The predicted octanol–water partition coefficient (Wildman–Crippen LogP) is 20.9. The second-order valence-electron chi connectivity index (χ2n) is 23.5. The van der Waals surface area contributed by atoms with Gasteiger partial charge in [0, 0.05) is 44.8 Å². The van der Waals surface area contributed by atoms with E-state index in [1.807, 2.05) is 0 Å². The maximum atomic E-state index is 2.54. The van der Waals surface area contributed by atoms with Crippen LogP contribution in [0.4, 0.5) is 34.1 Å². The summed E-state index contributed by atoms with van der Waals surface area (Å²) < 4.78 is 0. The predicted molar refractivity (Wildman–Crippen MR) is 338 cm³/mol. The minimum atomic E-state index is -0.490. The first-order valence-corrected chi connectivity index (χ1v) is 28.6. The summed E-state index contributed by atoms with van der Waals surface area (Å²) in [5.41, 5.74) is 31.4. The largest absolute Gasteiger partial charge is 0.310 e. The normalized spacial score (nSPS) is 14.5. The Labute approximate surface area is 475 Å². The summed E-state index contributed by atoms with van der Waals surface area (Å²) in [5.74, 6) is 0. The fraction of sp³-hybridized carbons (Fsp3) is 0.0886. The molecule has 0 amide bonds. The molecule has 2 nitrogen and oxygen atoms in total. The van der Waals surface area contributed by atoms with Gasteiger partial charge in [-0.15, -0.1) is 0 Å². The highest BCUT2D eigenvalue weighted by atomic mass is 15.2. The summed E-state index contributed by atoms with van der Waals surface area (Å²) >= 11 is 0. The van der Waals surface area contributed by atoms with Crippen molar-refractivity contribution in [2.45, 2.75) is 43.9 Å². The lowest BCUT2D eigenvalue weighted by Crippen LogP contribution is -2.25. The molecule has 0 heterocycles. The molecule has 0 aliphatic heterocycles. The molecule has 0 aromatic heterocycles. The van der Waals surface area contributed by atoms with E-state index >= 15 is 0 Å². The Morgan fingerprint density at radius 3 is 1.19 bits per heavy atom. The van der Waals surface area contributed by atoms with E-state index in [0.717, 1.165) is 50.8 Å². The monoisotopic (exact) mass is 1030 g/mol. The van der Waals surface area contributed by atoms with Crippen LogP contribution in [0.1, 0.15) is 72.2 Å². The van der Waals surface area contributed by atoms with Crippen LogP contribution in [-0.4, -0.2) is 0 Å². The van der Waals surface area contributed by atoms with Crippen molar-refractivity contribution in [1.29, 1.82) is 0 Å². The summed E-state index contributed by atoms with van der Waals surface area (Å²) in [6, 6.07) is 105. The topological polar surface area (TPSA) is 6.48 Å². The molecule has 4 aliphatic carbocycles. The molecule has 0 saturated heterocycles. The van der Waals surface area contributed by atoms with Gasteiger partial charge in [0.25, 0.3) is 0 Å². The SMILES string of the molecule is CC1(C)c2ccccc2-c2ccc(N(c3ccccc3)c3cc(-c4cccc5c4-c4ccccc4C54c5ccccc5-c5ccccc54)cc(N(c4ccc5c(c4)C(C)(C)c4ccccc4-5)c4ccccc4-c4ccccc4)c3)cc21. The van der Waals surface area contributed by atoms with Gasteiger partial charge in [-0.2, -0.15) is 0 Å². The van der Waals surface area contributed by atoms with Crippen molar-refractivity contribution in [3.63, 3.8) is 0 Å². The molecule has 12 aromatic carbocycles. The molecular formula is C79H58N2. The van der Waals surface area contributed by atoms with E-state index in [2.05, 4.69) is 317 Å².